The lowest BCUT2D eigenvalue weighted by Crippen LogP contribution is -2.39. The maximum Gasteiger partial charge on any atom is 0.0916 e. The Labute approximate surface area is 184 Å². The van der Waals surface area contributed by atoms with E-state index in [0.29, 0.717) is 6.26 Å². The lowest BCUT2D eigenvalue weighted by molar-refractivity contribution is -0.874. The maximum atomic E-state index is 9.08. The average molecular weight is 436 g/mol. The molecule has 29 heavy (non-hydrogen) atoms. The highest BCUT2D eigenvalue weighted by Crippen LogP contribution is 2.21. The third-order valence-electron chi connectivity index (χ3n) is 5.24. The maximum absolute atomic E-state index is 9.08. The number of unbranched alkanes of at least 4 members (excludes halogenated alkanes) is 12. The van der Waals surface area contributed by atoms with E-state index >= 15 is 0 Å². The fraction of sp³-hybridized carbons (Fsp3) is 1.00. The second-order valence-corrected chi connectivity index (χ2v) is 11.3. The Bertz CT molecular complexity index is 422. The lowest BCUT2D eigenvalue weighted by Gasteiger charge is -2.29. The Morgan fingerprint density at radius 2 is 0.931 bits per heavy atom. The Hall–Kier alpha value is -0.130. The average Bonchev–Trinajstić information content (AvgIpc) is 2.57. The van der Waals surface area contributed by atoms with Gasteiger partial charge in [-0.3, -0.25) is 0 Å². The molecule has 0 aliphatic heterocycles. The van der Waals surface area contributed by atoms with Crippen molar-refractivity contribution in [2.24, 2.45) is 5.92 Å². The molecule has 0 aromatic heterocycles. The predicted molar refractivity (Wildman–Crippen MR) is 127 cm³/mol. The molecule has 0 rings (SSSR count). The van der Waals surface area contributed by atoms with Gasteiger partial charge in [-0.1, -0.05) is 104 Å². The molecule has 4 nitrogen and oxygen atoms in total. The zero-order chi connectivity index (χ0) is 22.6. The first-order chi connectivity index (χ1) is 13.5. The third kappa shape index (κ3) is 35.7. The second-order valence-electron chi connectivity index (χ2n) is 9.86. The van der Waals surface area contributed by atoms with Crippen LogP contribution in [0, 0.1) is 5.92 Å². The molecule has 0 radical (unpaired) electrons. The molecule has 0 aliphatic rings. The molecule has 0 N–H and O–H groups in total. The van der Waals surface area contributed by atoms with E-state index in [0.717, 1.165) is 10.4 Å². The van der Waals surface area contributed by atoms with Crippen molar-refractivity contribution in [3.8, 4) is 0 Å². The van der Waals surface area contributed by atoms with Gasteiger partial charge in [0.1, 0.15) is 0 Å². The van der Waals surface area contributed by atoms with Gasteiger partial charge in [0, 0.05) is 12.2 Å². The van der Waals surface area contributed by atoms with Gasteiger partial charge in [0.15, 0.2) is 0 Å². The van der Waals surface area contributed by atoms with Gasteiger partial charge in [-0.15, -0.1) is 0 Å². The lowest BCUT2D eigenvalue weighted by atomic mass is 9.93. The summed E-state index contributed by atoms with van der Waals surface area (Å²) in [6.45, 7) is 5.98. The van der Waals surface area contributed by atoms with Crippen LogP contribution in [-0.4, -0.2) is 51.4 Å². The molecule has 0 bridgehead atoms. The molecule has 178 valence electrons. The molecule has 0 aromatic carbocycles. The van der Waals surface area contributed by atoms with Crippen molar-refractivity contribution >= 4 is 10.1 Å². The fourth-order valence-electron chi connectivity index (χ4n) is 3.88. The smallest absolute Gasteiger partial charge is 0.0916 e. The molecular formula is C24H53NO3S. The zero-order valence-electron chi connectivity index (χ0n) is 20.7. The summed E-state index contributed by atoms with van der Waals surface area (Å²) < 4.78 is 28.4. The molecular weight excluding hydrogens is 382 g/mol. The molecule has 1 unspecified atom stereocenters. The van der Waals surface area contributed by atoms with Gasteiger partial charge in [-0.05, 0) is 12.8 Å². The van der Waals surface area contributed by atoms with Crippen LogP contribution < -0.4 is 0 Å². The summed E-state index contributed by atoms with van der Waals surface area (Å²) in [5, 5.41) is 0. The summed E-state index contributed by atoms with van der Waals surface area (Å²) in [7, 11) is 3.17. The monoisotopic (exact) mass is 435 g/mol. The van der Waals surface area contributed by atoms with Gasteiger partial charge in [0.25, 0.3) is 0 Å². The van der Waals surface area contributed by atoms with Gasteiger partial charge in [-0.25, -0.2) is 8.42 Å². The number of quaternary nitrogens is 1. The third-order valence-corrected chi connectivity index (χ3v) is 5.24. The fourth-order valence-corrected chi connectivity index (χ4v) is 3.88. The van der Waals surface area contributed by atoms with E-state index in [2.05, 4.69) is 35.0 Å². The van der Waals surface area contributed by atoms with Crippen LogP contribution in [0.2, 0.25) is 0 Å². The Morgan fingerprint density at radius 3 is 1.21 bits per heavy atom. The van der Waals surface area contributed by atoms with Crippen molar-refractivity contribution in [3.05, 3.63) is 0 Å². The number of hydrogen-bond acceptors (Lipinski definition) is 3. The van der Waals surface area contributed by atoms with E-state index < -0.39 is 10.1 Å². The van der Waals surface area contributed by atoms with Crippen molar-refractivity contribution in [2.45, 2.75) is 117 Å². The molecule has 0 aromatic rings. The highest BCUT2D eigenvalue weighted by molar-refractivity contribution is 7.84. The van der Waals surface area contributed by atoms with E-state index in [1.54, 1.807) is 0 Å². The van der Waals surface area contributed by atoms with Gasteiger partial charge in [-0.2, -0.15) is 0 Å². The van der Waals surface area contributed by atoms with Crippen molar-refractivity contribution in [2.75, 3.05) is 33.9 Å². The van der Waals surface area contributed by atoms with E-state index in [4.69, 9.17) is 13.0 Å². The van der Waals surface area contributed by atoms with Gasteiger partial charge < -0.3 is 9.04 Å². The minimum Gasteiger partial charge on any atom is -0.748 e. The number of hydrogen-bond donors (Lipinski definition) is 0. The number of nitrogens with zero attached hydrogens (tertiary/aromatic N) is 1. The first kappa shape index (κ1) is 31.1. The van der Waals surface area contributed by atoms with Crippen LogP contribution in [0.3, 0.4) is 0 Å². The van der Waals surface area contributed by atoms with Crippen LogP contribution >= 0.6 is 0 Å². The van der Waals surface area contributed by atoms with Crippen LogP contribution in [0.15, 0.2) is 0 Å². The topological polar surface area (TPSA) is 57.2 Å². The first-order valence-electron chi connectivity index (χ1n) is 12.2. The summed E-state index contributed by atoms with van der Waals surface area (Å²) >= 11 is 0. The highest BCUT2D eigenvalue weighted by atomic mass is 32.2. The van der Waals surface area contributed by atoms with Crippen molar-refractivity contribution < 1.29 is 17.5 Å². The molecule has 0 heterocycles. The molecule has 0 fully saturated rings. The van der Waals surface area contributed by atoms with E-state index in [1.165, 1.54) is 109 Å². The van der Waals surface area contributed by atoms with Crippen LogP contribution in [-0.2, 0) is 10.1 Å². The minimum absolute atomic E-state index is 0.604. The molecule has 1 atom stereocenters. The van der Waals surface area contributed by atoms with Crippen LogP contribution in [0.5, 0.6) is 0 Å². The Morgan fingerprint density at radius 1 is 0.655 bits per heavy atom. The van der Waals surface area contributed by atoms with Crippen LogP contribution in [0.1, 0.15) is 117 Å². The molecule has 0 spiro atoms. The van der Waals surface area contributed by atoms with Gasteiger partial charge in [0.2, 0.25) is 0 Å². The van der Waals surface area contributed by atoms with Crippen LogP contribution in [0.25, 0.3) is 0 Å². The quantitative estimate of drug-likeness (QED) is 0.136. The largest absolute Gasteiger partial charge is 0.748 e. The van der Waals surface area contributed by atoms with E-state index in [1.807, 2.05) is 0 Å². The Kier molecular flexibility index (Phi) is 21.2. The first-order valence-corrected chi connectivity index (χ1v) is 14.0. The predicted octanol–water partition coefficient (Wildman–Crippen LogP) is 6.75. The SMILES string of the molecule is CCCCCCCCCCC(CCCCCCCC)C[N+](C)(C)C.CS(=O)(=O)[O-]. The molecule has 0 amide bonds. The van der Waals surface area contributed by atoms with Crippen LogP contribution in [0.4, 0.5) is 0 Å². The summed E-state index contributed by atoms with van der Waals surface area (Å²) in [6, 6.07) is 0. The summed E-state index contributed by atoms with van der Waals surface area (Å²) in [6.07, 6.45) is 23.8. The van der Waals surface area contributed by atoms with Crippen molar-refractivity contribution in [1.29, 1.82) is 0 Å². The molecule has 0 aliphatic carbocycles. The summed E-state index contributed by atoms with van der Waals surface area (Å²) in [5.74, 6) is 0.955. The number of rotatable bonds is 18. The highest BCUT2D eigenvalue weighted by Gasteiger charge is 2.17. The zero-order valence-corrected chi connectivity index (χ0v) is 21.5. The van der Waals surface area contributed by atoms with E-state index in [-0.39, 0.29) is 0 Å². The normalized spacial score (nSPS) is 13.1. The standard InChI is InChI=1S/C23H50N.CH4O3S/c1-6-8-10-12-14-15-17-19-21-23(22-24(3,4)5)20-18-16-13-11-9-7-2;1-5(2,3)4/h23H,6-22H2,1-5H3;1H3,(H,2,3,4)/q+1;/p-1. The summed E-state index contributed by atoms with van der Waals surface area (Å²) in [4.78, 5) is 0. The van der Waals surface area contributed by atoms with E-state index in [9.17, 15) is 0 Å². The molecule has 0 saturated carbocycles. The van der Waals surface area contributed by atoms with Crippen molar-refractivity contribution in [1.82, 2.24) is 0 Å². The summed E-state index contributed by atoms with van der Waals surface area (Å²) in [5.41, 5.74) is 0. The second kappa shape index (κ2) is 19.8. The molecule has 0 saturated heterocycles. The molecule has 5 heteroatoms. The minimum atomic E-state index is -3.92. The Balaban J connectivity index is 0. The van der Waals surface area contributed by atoms with Gasteiger partial charge in [0.05, 0.1) is 37.8 Å². The van der Waals surface area contributed by atoms with Gasteiger partial charge >= 0.3 is 0 Å². The van der Waals surface area contributed by atoms with Crippen molar-refractivity contribution in [3.63, 3.8) is 0 Å².